The topological polar surface area (TPSA) is 54.5 Å². The monoisotopic (exact) mass is 311 g/mol. The van der Waals surface area contributed by atoms with Crippen molar-refractivity contribution in [2.45, 2.75) is 45.8 Å². The molecule has 1 aromatic rings. The largest absolute Gasteiger partial charge is 0.444 e. The molecule has 2 heterocycles. The Morgan fingerprint density at radius 3 is 2.86 bits per heavy atom. The summed E-state index contributed by atoms with van der Waals surface area (Å²) in [5.74, 6) is 0.785. The lowest BCUT2D eigenvalue weighted by Crippen LogP contribution is -2.36. The van der Waals surface area contributed by atoms with Crippen LogP contribution in [0.4, 0.5) is 10.6 Å². The summed E-state index contributed by atoms with van der Waals surface area (Å²) in [6.07, 6.45) is 2.26. The van der Waals surface area contributed by atoms with E-state index in [1.165, 1.54) is 0 Å². The number of amides is 1. The van der Waals surface area contributed by atoms with Crippen molar-refractivity contribution in [1.29, 1.82) is 0 Å². The molecule has 1 amide bonds. The van der Waals surface area contributed by atoms with Crippen LogP contribution in [-0.2, 0) is 4.74 Å². The summed E-state index contributed by atoms with van der Waals surface area (Å²) in [6.45, 7) is 8.87. The number of pyridine rings is 1. The molecule has 0 saturated carbocycles. The Labute approximate surface area is 130 Å². The molecule has 0 spiro atoms. The number of nitrogens with one attached hydrogen (secondary N) is 1. The third kappa shape index (κ3) is 4.49. The predicted molar refractivity (Wildman–Crippen MR) is 83.8 cm³/mol. The number of halogens is 1. The van der Waals surface area contributed by atoms with Crippen LogP contribution < -0.4 is 5.32 Å². The van der Waals surface area contributed by atoms with Gasteiger partial charge in [-0.25, -0.2) is 9.78 Å². The maximum Gasteiger partial charge on any atom is 0.410 e. The Balaban J connectivity index is 1.90. The Kier molecular flexibility index (Phi) is 4.61. The molecule has 1 aromatic heterocycles. The predicted octanol–water partition coefficient (Wildman–Crippen LogP) is 3.46. The summed E-state index contributed by atoms with van der Waals surface area (Å²) in [6, 6.07) is 2.10. The lowest BCUT2D eigenvalue weighted by Gasteiger charge is -2.24. The van der Waals surface area contributed by atoms with Crippen molar-refractivity contribution in [1.82, 2.24) is 9.88 Å². The summed E-state index contributed by atoms with van der Waals surface area (Å²) in [5.41, 5.74) is 0.522. The average Bonchev–Trinajstić information content (AvgIpc) is 2.80. The van der Waals surface area contributed by atoms with Gasteiger partial charge in [0.1, 0.15) is 11.4 Å². The molecule has 0 aliphatic carbocycles. The molecule has 0 aromatic carbocycles. The van der Waals surface area contributed by atoms with E-state index in [-0.39, 0.29) is 12.1 Å². The van der Waals surface area contributed by atoms with Crippen LogP contribution in [0.2, 0.25) is 5.02 Å². The molecule has 21 heavy (non-hydrogen) atoms. The third-order valence-corrected chi connectivity index (χ3v) is 3.63. The van der Waals surface area contributed by atoms with Gasteiger partial charge in [0, 0.05) is 25.3 Å². The van der Waals surface area contributed by atoms with Crippen molar-refractivity contribution in [2.75, 3.05) is 18.4 Å². The highest BCUT2D eigenvalue weighted by Gasteiger charge is 2.29. The van der Waals surface area contributed by atoms with Gasteiger partial charge in [0.2, 0.25) is 0 Å². The summed E-state index contributed by atoms with van der Waals surface area (Å²) < 4.78 is 5.38. The van der Waals surface area contributed by atoms with Crippen LogP contribution in [0.1, 0.15) is 32.8 Å². The van der Waals surface area contributed by atoms with Gasteiger partial charge in [0.05, 0.1) is 5.02 Å². The van der Waals surface area contributed by atoms with E-state index in [1.54, 1.807) is 11.1 Å². The molecule has 116 valence electrons. The minimum atomic E-state index is -0.461. The zero-order valence-corrected chi connectivity index (χ0v) is 13.7. The van der Waals surface area contributed by atoms with Gasteiger partial charge in [-0.3, -0.25) is 0 Å². The number of carbonyl (C=O) groups is 1. The van der Waals surface area contributed by atoms with E-state index in [0.717, 1.165) is 17.8 Å². The number of hydrogen-bond acceptors (Lipinski definition) is 4. The van der Waals surface area contributed by atoms with Gasteiger partial charge in [-0.05, 0) is 45.7 Å². The minimum Gasteiger partial charge on any atom is -0.444 e. The minimum absolute atomic E-state index is 0.186. The molecular formula is C15H22ClN3O2. The fourth-order valence-electron chi connectivity index (χ4n) is 2.20. The fraction of sp³-hybridized carbons (Fsp3) is 0.600. The first-order chi connectivity index (χ1) is 9.74. The van der Waals surface area contributed by atoms with Crippen LogP contribution >= 0.6 is 11.6 Å². The molecule has 1 fully saturated rings. The van der Waals surface area contributed by atoms with Gasteiger partial charge in [0.25, 0.3) is 0 Å². The Bertz CT molecular complexity index is 528. The molecule has 1 aliphatic heterocycles. The molecule has 1 atom stereocenters. The number of anilines is 1. The number of aryl methyl sites for hydroxylation is 1. The number of carbonyl (C=O) groups excluding carboxylic acids is 1. The second kappa shape index (κ2) is 6.10. The molecule has 1 saturated heterocycles. The number of hydrogen-bond donors (Lipinski definition) is 1. The van der Waals surface area contributed by atoms with E-state index in [9.17, 15) is 4.79 Å². The van der Waals surface area contributed by atoms with E-state index in [0.29, 0.717) is 18.1 Å². The van der Waals surface area contributed by atoms with E-state index in [2.05, 4.69) is 10.3 Å². The van der Waals surface area contributed by atoms with Crippen LogP contribution in [0.3, 0.4) is 0 Å². The highest BCUT2D eigenvalue weighted by molar-refractivity contribution is 6.31. The van der Waals surface area contributed by atoms with Crippen molar-refractivity contribution in [3.05, 3.63) is 22.8 Å². The summed E-state index contributed by atoms with van der Waals surface area (Å²) in [7, 11) is 0. The fourth-order valence-corrected chi connectivity index (χ4v) is 2.30. The molecule has 1 N–H and O–H groups in total. The van der Waals surface area contributed by atoms with E-state index in [4.69, 9.17) is 16.3 Å². The average molecular weight is 312 g/mol. The SMILES string of the molecule is Cc1cc(N[C@H]2CCN(C(=O)OC(C)(C)C)C2)ncc1Cl. The Morgan fingerprint density at radius 2 is 2.24 bits per heavy atom. The smallest absolute Gasteiger partial charge is 0.410 e. The van der Waals surface area contributed by atoms with Crippen LogP contribution in [0.5, 0.6) is 0 Å². The lowest BCUT2D eigenvalue weighted by molar-refractivity contribution is 0.0293. The lowest BCUT2D eigenvalue weighted by atomic mass is 10.2. The van der Waals surface area contributed by atoms with Crippen molar-refractivity contribution in [3.8, 4) is 0 Å². The summed E-state index contributed by atoms with van der Waals surface area (Å²) in [5, 5.41) is 3.99. The molecule has 0 bridgehead atoms. The summed E-state index contributed by atoms with van der Waals surface area (Å²) in [4.78, 5) is 18.0. The second-order valence-electron chi connectivity index (χ2n) is 6.38. The first kappa shape index (κ1) is 15.9. The first-order valence-electron chi connectivity index (χ1n) is 7.11. The van der Waals surface area contributed by atoms with Crippen molar-refractivity contribution in [2.24, 2.45) is 0 Å². The van der Waals surface area contributed by atoms with E-state index >= 15 is 0 Å². The molecule has 2 rings (SSSR count). The second-order valence-corrected chi connectivity index (χ2v) is 6.78. The highest BCUT2D eigenvalue weighted by atomic mass is 35.5. The molecule has 0 radical (unpaired) electrons. The zero-order valence-electron chi connectivity index (χ0n) is 12.9. The van der Waals surface area contributed by atoms with Gasteiger partial charge in [0.15, 0.2) is 0 Å². The van der Waals surface area contributed by atoms with Crippen LogP contribution in [0.15, 0.2) is 12.3 Å². The van der Waals surface area contributed by atoms with Gasteiger partial charge >= 0.3 is 6.09 Å². The zero-order chi connectivity index (χ0) is 15.6. The number of ether oxygens (including phenoxy) is 1. The highest BCUT2D eigenvalue weighted by Crippen LogP contribution is 2.20. The standard InChI is InChI=1S/C15H22ClN3O2/c1-10-7-13(17-8-12(10)16)18-11-5-6-19(9-11)14(20)21-15(2,3)4/h7-8,11H,5-6,9H2,1-4H3,(H,17,18)/t11-/m0/s1. The van der Waals surface area contributed by atoms with Gasteiger partial charge in [-0.1, -0.05) is 11.6 Å². The van der Waals surface area contributed by atoms with Crippen LogP contribution in [-0.4, -0.2) is 40.7 Å². The molecule has 5 nitrogen and oxygen atoms in total. The number of nitrogens with zero attached hydrogens (tertiary/aromatic N) is 2. The quantitative estimate of drug-likeness (QED) is 0.908. The van der Waals surface area contributed by atoms with E-state index < -0.39 is 5.60 Å². The maximum absolute atomic E-state index is 12.0. The molecule has 6 heteroatoms. The van der Waals surface area contributed by atoms with Crippen molar-refractivity contribution >= 4 is 23.5 Å². The summed E-state index contributed by atoms with van der Waals surface area (Å²) >= 11 is 5.96. The Hall–Kier alpha value is -1.49. The maximum atomic E-state index is 12.0. The van der Waals surface area contributed by atoms with Gasteiger partial charge in [-0.15, -0.1) is 0 Å². The van der Waals surface area contributed by atoms with Crippen molar-refractivity contribution in [3.63, 3.8) is 0 Å². The van der Waals surface area contributed by atoms with Gasteiger partial charge in [-0.2, -0.15) is 0 Å². The van der Waals surface area contributed by atoms with Crippen LogP contribution in [0, 0.1) is 6.92 Å². The van der Waals surface area contributed by atoms with Crippen LogP contribution in [0.25, 0.3) is 0 Å². The molecule has 0 unspecified atom stereocenters. The van der Waals surface area contributed by atoms with Crippen molar-refractivity contribution < 1.29 is 9.53 Å². The number of aromatic nitrogens is 1. The normalized spacial score (nSPS) is 18.7. The number of likely N-dealkylation sites (tertiary alicyclic amines) is 1. The third-order valence-electron chi connectivity index (χ3n) is 3.24. The first-order valence-corrected chi connectivity index (χ1v) is 7.49. The number of rotatable bonds is 2. The molecular weight excluding hydrogens is 290 g/mol. The van der Waals surface area contributed by atoms with E-state index in [1.807, 2.05) is 33.8 Å². The van der Waals surface area contributed by atoms with Gasteiger partial charge < -0.3 is 15.0 Å². The molecule has 1 aliphatic rings. The Morgan fingerprint density at radius 1 is 1.52 bits per heavy atom.